The van der Waals surface area contributed by atoms with E-state index in [0.29, 0.717) is 37.6 Å². The lowest BCUT2D eigenvalue weighted by Gasteiger charge is -2.42. The number of ether oxygens (including phenoxy) is 1. The molecule has 0 aromatic heterocycles. The van der Waals surface area contributed by atoms with Crippen LogP contribution in [0.5, 0.6) is 11.5 Å². The number of likely N-dealkylation sites (tertiary alicyclic amines) is 2. The maximum absolute atomic E-state index is 14.4. The molecular weight excluding hydrogens is 716 g/mol. The third kappa shape index (κ3) is 4.95. The van der Waals surface area contributed by atoms with Gasteiger partial charge in [0.25, 0.3) is 0 Å². The molecular formula is C36H34Br2N2O6. The Hall–Kier alpha value is -3.34. The monoisotopic (exact) mass is 748 g/mol. The van der Waals surface area contributed by atoms with Gasteiger partial charge in [-0.25, -0.2) is 0 Å². The van der Waals surface area contributed by atoms with Gasteiger partial charge in [-0.05, 0) is 93.7 Å². The van der Waals surface area contributed by atoms with Crippen LogP contribution in [-0.2, 0) is 25.7 Å². The second-order valence-corrected chi connectivity index (χ2v) is 14.5. The molecule has 46 heavy (non-hydrogen) atoms. The van der Waals surface area contributed by atoms with E-state index in [1.807, 2.05) is 24.3 Å². The van der Waals surface area contributed by atoms with E-state index in [1.165, 1.54) is 18.7 Å². The number of rotatable bonds is 5. The van der Waals surface area contributed by atoms with Crippen LogP contribution >= 0.6 is 31.9 Å². The van der Waals surface area contributed by atoms with Crippen LogP contribution in [-0.4, -0.2) is 64.5 Å². The summed E-state index contributed by atoms with van der Waals surface area (Å²) in [4.78, 5) is 59.5. The molecule has 5 aliphatic rings. The number of halogens is 2. The third-order valence-corrected chi connectivity index (χ3v) is 12.6. The highest BCUT2D eigenvalue weighted by Gasteiger charge is 2.57. The molecule has 2 aromatic carbocycles. The van der Waals surface area contributed by atoms with Gasteiger partial charge in [0.1, 0.15) is 0 Å². The number of amides is 2. The number of nitrogens with zero attached hydrogens (tertiary/aromatic N) is 2. The number of carbonyl (C=O) groups excluding carboxylic acids is 4. The molecule has 0 saturated carbocycles. The van der Waals surface area contributed by atoms with Crippen molar-refractivity contribution in [1.82, 2.24) is 9.80 Å². The van der Waals surface area contributed by atoms with E-state index in [0.717, 1.165) is 38.0 Å². The number of carbonyl (C=O) groups is 4. The van der Waals surface area contributed by atoms with Gasteiger partial charge >= 0.3 is 0 Å². The molecule has 0 unspecified atom stereocenters. The second kappa shape index (κ2) is 12.0. The smallest absolute Gasteiger partial charge is 0.233 e. The van der Waals surface area contributed by atoms with Crippen molar-refractivity contribution in [2.75, 3.05) is 20.2 Å². The summed E-state index contributed by atoms with van der Waals surface area (Å²) in [5, 5.41) is 10.7. The first-order chi connectivity index (χ1) is 22.1. The highest BCUT2D eigenvalue weighted by Crippen LogP contribution is 2.57. The number of Topliss-reactive ketones (excluding diaryl/α,β-unsaturated/α-hetero) is 1. The third-order valence-electron chi connectivity index (χ3n) is 10.5. The summed E-state index contributed by atoms with van der Waals surface area (Å²) in [5.74, 6) is -2.81. The number of piperidine rings is 1. The molecule has 4 atom stereocenters. The lowest BCUT2D eigenvalue weighted by Crippen LogP contribution is -2.47. The zero-order chi connectivity index (χ0) is 32.4. The molecule has 2 heterocycles. The van der Waals surface area contributed by atoms with Crippen molar-refractivity contribution in [3.05, 3.63) is 90.9 Å². The number of hydrogen-bond donors (Lipinski definition) is 1. The van der Waals surface area contributed by atoms with Gasteiger partial charge in [0, 0.05) is 52.8 Å². The quantitative estimate of drug-likeness (QED) is 0.227. The summed E-state index contributed by atoms with van der Waals surface area (Å²) in [5.41, 5.74) is 3.89. The fourth-order valence-corrected chi connectivity index (χ4v) is 9.21. The van der Waals surface area contributed by atoms with E-state index in [2.05, 4.69) is 48.9 Å². The number of hydrogen-bond acceptors (Lipinski definition) is 7. The largest absolute Gasteiger partial charge is 0.503 e. The van der Waals surface area contributed by atoms with E-state index in [9.17, 15) is 24.3 Å². The summed E-state index contributed by atoms with van der Waals surface area (Å²) in [6, 6.07) is 11.8. The van der Waals surface area contributed by atoms with Gasteiger partial charge in [-0.15, -0.1) is 0 Å². The van der Waals surface area contributed by atoms with Crippen LogP contribution in [0.15, 0.2) is 79.8 Å². The SMILES string of the molecule is COc1cc([C@H]2C3=CC[C@@H]4C(=O)N(C5CCN(Cc6ccccc6)CC5)C(=O)[C@@H]4[C@@H]3CC3=C2C(=O)C(C)=CC3=O)c(Br)c(Br)c1O. The van der Waals surface area contributed by atoms with Gasteiger partial charge in [0.15, 0.2) is 23.1 Å². The van der Waals surface area contributed by atoms with Crippen LogP contribution < -0.4 is 4.74 Å². The number of aromatic hydroxyl groups is 1. The van der Waals surface area contributed by atoms with Crippen LogP contribution in [0.25, 0.3) is 0 Å². The fourth-order valence-electron chi connectivity index (χ4n) is 8.26. The molecule has 7 rings (SSSR count). The Balaban J connectivity index is 1.23. The summed E-state index contributed by atoms with van der Waals surface area (Å²) >= 11 is 7.08. The molecule has 2 saturated heterocycles. The number of fused-ring (bicyclic) bond motifs is 3. The van der Waals surface area contributed by atoms with E-state index in [1.54, 1.807) is 17.9 Å². The Morgan fingerprint density at radius 2 is 1.70 bits per heavy atom. The van der Waals surface area contributed by atoms with Gasteiger partial charge in [0.05, 0.1) is 23.4 Å². The lowest BCUT2D eigenvalue weighted by atomic mass is 9.59. The van der Waals surface area contributed by atoms with Crippen molar-refractivity contribution in [2.45, 2.75) is 51.1 Å². The Kier molecular flexibility index (Phi) is 8.18. The van der Waals surface area contributed by atoms with E-state index in [4.69, 9.17) is 4.74 Å². The second-order valence-electron chi connectivity index (χ2n) is 12.9. The minimum Gasteiger partial charge on any atom is -0.503 e. The standard InChI is InChI=1S/C36H34Br2N2O6/c1-18-14-26(41)24-15-23-21(28(30(24)33(18)42)25-16-27(46-2)34(43)32(38)31(25)37)8-9-22-29(23)36(45)40(35(22)44)20-10-12-39(13-11-20)17-19-6-4-3-5-7-19/h3-8,14,16,20,22-23,28-29,43H,9-13,15,17H2,1-2H3/t22-,23+,28+,29-/m0/s1. The van der Waals surface area contributed by atoms with E-state index < -0.39 is 23.7 Å². The minimum absolute atomic E-state index is 0.0958. The number of benzene rings is 2. The van der Waals surface area contributed by atoms with E-state index >= 15 is 0 Å². The predicted molar refractivity (Wildman–Crippen MR) is 178 cm³/mol. The van der Waals surface area contributed by atoms with Crippen LogP contribution in [0, 0.1) is 17.8 Å². The first kappa shape index (κ1) is 31.3. The molecule has 2 aliphatic heterocycles. The van der Waals surface area contributed by atoms with Crippen molar-refractivity contribution in [3.63, 3.8) is 0 Å². The van der Waals surface area contributed by atoms with Crippen molar-refractivity contribution in [1.29, 1.82) is 0 Å². The molecule has 10 heteroatoms. The predicted octanol–water partition coefficient (Wildman–Crippen LogP) is 6.02. The Labute approximate surface area is 284 Å². The maximum atomic E-state index is 14.4. The van der Waals surface area contributed by atoms with Gasteiger partial charge in [-0.2, -0.15) is 0 Å². The Morgan fingerprint density at radius 1 is 0.978 bits per heavy atom. The number of phenols is 1. The highest BCUT2D eigenvalue weighted by atomic mass is 79.9. The molecule has 8 nitrogen and oxygen atoms in total. The molecule has 238 valence electrons. The van der Waals surface area contributed by atoms with Crippen molar-refractivity contribution < 1.29 is 29.0 Å². The number of methoxy groups -OCH3 is 1. The molecule has 2 fully saturated rings. The number of phenolic OH excluding ortho intramolecular Hbond substituents is 1. The summed E-state index contributed by atoms with van der Waals surface area (Å²) in [7, 11) is 1.45. The van der Waals surface area contributed by atoms with Crippen molar-refractivity contribution in [2.24, 2.45) is 17.8 Å². The maximum Gasteiger partial charge on any atom is 0.233 e. The first-order valence-corrected chi connectivity index (χ1v) is 17.3. The molecule has 2 aromatic rings. The molecule has 0 spiro atoms. The average Bonchev–Trinajstić information content (AvgIpc) is 3.32. The molecule has 3 aliphatic carbocycles. The topological polar surface area (TPSA) is 104 Å². The van der Waals surface area contributed by atoms with E-state index in [-0.39, 0.29) is 47.3 Å². The van der Waals surface area contributed by atoms with Crippen LogP contribution in [0.4, 0.5) is 0 Å². The molecule has 0 bridgehead atoms. The van der Waals surface area contributed by atoms with Crippen LogP contribution in [0.2, 0.25) is 0 Å². The number of allylic oxidation sites excluding steroid dienone is 6. The van der Waals surface area contributed by atoms with Crippen molar-refractivity contribution >= 4 is 55.2 Å². The normalized spacial score (nSPS) is 26.9. The minimum atomic E-state index is -0.659. The Bertz CT molecular complexity index is 1770. The Morgan fingerprint density at radius 3 is 2.39 bits per heavy atom. The summed E-state index contributed by atoms with van der Waals surface area (Å²) in [6.45, 7) is 4.07. The van der Waals surface area contributed by atoms with Gasteiger partial charge in [-0.1, -0.05) is 42.0 Å². The highest BCUT2D eigenvalue weighted by molar-refractivity contribution is 9.13. The van der Waals surface area contributed by atoms with Crippen LogP contribution in [0.3, 0.4) is 0 Å². The zero-order valence-corrected chi connectivity index (χ0v) is 28.8. The fraction of sp³-hybridized carbons (Fsp3) is 0.389. The lowest BCUT2D eigenvalue weighted by molar-refractivity contribution is -0.144. The van der Waals surface area contributed by atoms with Gasteiger partial charge < -0.3 is 9.84 Å². The first-order valence-electron chi connectivity index (χ1n) is 15.7. The molecule has 2 amide bonds. The average molecular weight is 750 g/mol. The molecule has 1 N–H and O–H groups in total. The van der Waals surface area contributed by atoms with Gasteiger partial charge in [0.2, 0.25) is 11.8 Å². The summed E-state index contributed by atoms with van der Waals surface area (Å²) < 4.78 is 6.35. The number of ketones is 2. The molecule has 0 radical (unpaired) electrons. The van der Waals surface area contributed by atoms with Crippen molar-refractivity contribution in [3.8, 4) is 11.5 Å². The summed E-state index contributed by atoms with van der Waals surface area (Å²) in [6.07, 6.45) is 5.45. The van der Waals surface area contributed by atoms with Gasteiger partial charge in [-0.3, -0.25) is 29.0 Å². The number of imide groups is 1. The zero-order valence-electron chi connectivity index (χ0n) is 25.6. The van der Waals surface area contributed by atoms with Crippen LogP contribution in [0.1, 0.15) is 49.7 Å².